The largest absolute Gasteiger partial charge is 0.370 e. The van der Waals surface area contributed by atoms with E-state index in [0.29, 0.717) is 6.54 Å². The van der Waals surface area contributed by atoms with Crippen LogP contribution in [0.4, 0.5) is 20.3 Å². The fourth-order valence-corrected chi connectivity index (χ4v) is 3.37. The number of piperidine rings is 1. The van der Waals surface area contributed by atoms with Crippen molar-refractivity contribution < 1.29 is 8.78 Å². The molecule has 1 aliphatic heterocycles. The highest BCUT2D eigenvalue weighted by Gasteiger charge is 2.23. The zero-order valence-corrected chi connectivity index (χ0v) is 15.1. The van der Waals surface area contributed by atoms with Gasteiger partial charge in [-0.05, 0) is 30.9 Å². The van der Waals surface area contributed by atoms with Gasteiger partial charge in [-0.1, -0.05) is 0 Å². The summed E-state index contributed by atoms with van der Waals surface area (Å²) in [4.78, 5) is 10.9. The number of halogens is 2. The number of nitrogens with two attached hydrogens (primary N) is 1. The Bertz CT molecular complexity index is 1000. The van der Waals surface area contributed by atoms with Crippen LogP contribution in [0.3, 0.4) is 0 Å². The third kappa shape index (κ3) is 3.85. The zero-order valence-electron chi connectivity index (χ0n) is 15.1. The lowest BCUT2D eigenvalue weighted by Crippen LogP contribution is -2.38. The summed E-state index contributed by atoms with van der Waals surface area (Å²) in [6, 6.07) is 3.14. The Morgan fingerprint density at radius 3 is 3.14 bits per heavy atom. The van der Waals surface area contributed by atoms with Gasteiger partial charge in [0.2, 0.25) is 5.65 Å². The van der Waals surface area contributed by atoms with Gasteiger partial charge in [-0.3, -0.25) is 9.39 Å². The summed E-state index contributed by atoms with van der Waals surface area (Å²) in [5.74, 6) is -0.0250. The van der Waals surface area contributed by atoms with Crippen LogP contribution in [0.15, 0.2) is 41.9 Å². The van der Waals surface area contributed by atoms with Gasteiger partial charge in [0.1, 0.15) is 18.0 Å². The van der Waals surface area contributed by atoms with Gasteiger partial charge in [-0.2, -0.15) is 0 Å². The highest BCUT2D eigenvalue weighted by molar-refractivity contribution is 5.92. The van der Waals surface area contributed by atoms with Gasteiger partial charge in [-0.25, -0.2) is 13.8 Å². The lowest BCUT2D eigenvalue weighted by atomic mass is 9.98. The maximum atomic E-state index is 13.7. The average Bonchev–Trinajstić information content (AvgIpc) is 3.18. The summed E-state index contributed by atoms with van der Waals surface area (Å²) >= 11 is 0. The molecule has 4 rings (SSSR count). The quantitative estimate of drug-likeness (QED) is 0.526. The van der Waals surface area contributed by atoms with Crippen molar-refractivity contribution in [3.8, 4) is 0 Å². The van der Waals surface area contributed by atoms with E-state index in [9.17, 15) is 8.78 Å². The number of hydrogen-bond acceptors (Lipinski definition) is 5. The molecule has 10 heteroatoms. The second-order valence-electron chi connectivity index (χ2n) is 6.74. The first-order valence-corrected chi connectivity index (χ1v) is 9.01. The average molecular weight is 386 g/mol. The maximum Gasteiger partial charge on any atom is 0.203 e. The van der Waals surface area contributed by atoms with Gasteiger partial charge >= 0.3 is 0 Å². The molecule has 0 aliphatic carbocycles. The van der Waals surface area contributed by atoms with Crippen LogP contribution in [0, 0.1) is 17.6 Å². The number of hydrogen-bond donors (Lipinski definition) is 2. The minimum Gasteiger partial charge on any atom is -0.370 e. The molecule has 1 saturated heterocycles. The fraction of sp³-hybridized carbons (Fsp3) is 0.333. The zero-order chi connectivity index (χ0) is 19.5. The number of fused-ring (bicyclic) bond motifs is 1. The van der Waals surface area contributed by atoms with Gasteiger partial charge < -0.3 is 16.0 Å². The van der Waals surface area contributed by atoms with Gasteiger partial charge in [0, 0.05) is 38.1 Å². The number of anilines is 2. The van der Waals surface area contributed by atoms with E-state index >= 15 is 0 Å². The molecule has 146 valence electrons. The maximum absolute atomic E-state index is 13.7. The molecule has 0 spiro atoms. The number of nitrogens with zero attached hydrogens (tertiary/aromatic N) is 6. The Balaban J connectivity index is 1.41. The molecule has 3 heterocycles. The topological polar surface area (TPSA) is 96.7 Å². The molecule has 2 aromatic heterocycles. The van der Waals surface area contributed by atoms with Gasteiger partial charge in [-0.15, -0.1) is 10.2 Å². The predicted molar refractivity (Wildman–Crippen MR) is 102 cm³/mol. The highest BCUT2D eigenvalue weighted by atomic mass is 19.1. The second-order valence-corrected chi connectivity index (χ2v) is 6.74. The molecule has 0 radical (unpaired) electrons. The number of aliphatic imine (C=N–C) groups is 1. The molecular weight excluding hydrogens is 366 g/mol. The Morgan fingerprint density at radius 2 is 2.25 bits per heavy atom. The molecule has 1 fully saturated rings. The van der Waals surface area contributed by atoms with Gasteiger partial charge in [0.25, 0.3) is 0 Å². The first-order chi connectivity index (χ1) is 13.6. The van der Waals surface area contributed by atoms with Crippen molar-refractivity contribution in [2.45, 2.75) is 12.8 Å². The molecule has 1 unspecified atom stereocenters. The van der Waals surface area contributed by atoms with E-state index in [-0.39, 0.29) is 17.6 Å². The summed E-state index contributed by atoms with van der Waals surface area (Å²) in [6.07, 6.45) is 7.16. The Hall–Kier alpha value is -3.30. The number of guanidine groups is 1. The number of rotatable bonds is 4. The highest BCUT2D eigenvalue weighted by Crippen LogP contribution is 2.24. The van der Waals surface area contributed by atoms with E-state index in [2.05, 4.69) is 30.4 Å². The van der Waals surface area contributed by atoms with Crippen LogP contribution in [0.2, 0.25) is 0 Å². The second kappa shape index (κ2) is 7.75. The molecule has 3 aromatic rings. The summed E-state index contributed by atoms with van der Waals surface area (Å²) in [6.45, 7) is 2.11. The van der Waals surface area contributed by atoms with E-state index in [0.717, 1.165) is 55.6 Å². The molecule has 1 atom stereocenters. The predicted octanol–water partition coefficient (Wildman–Crippen LogP) is 2.05. The lowest BCUT2D eigenvalue weighted by Gasteiger charge is -2.32. The smallest absolute Gasteiger partial charge is 0.203 e. The molecule has 8 nitrogen and oxygen atoms in total. The third-order valence-electron chi connectivity index (χ3n) is 4.73. The van der Waals surface area contributed by atoms with Crippen LogP contribution in [0.5, 0.6) is 0 Å². The first-order valence-electron chi connectivity index (χ1n) is 9.01. The molecule has 1 aliphatic rings. The van der Waals surface area contributed by atoms with Crippen molar-refractivity contribution in [3.05, 3.63) is 48.6 Å². The molecule has 28 heavy (non-hydrogen) atoms. The Labute approximate surface area is 160 Å². The SMILES string of the molecule is NC(=NCC1CCCN(c2nccn3cnnc23)C1)Nc1cc(F)ccc1F. The molecule has 0 bridgehead atoms. The van der Waals surface area contributed by atoms with Crippen LogP contribution in [0.1, 0.15) is 12.8 Å². The third-order valence-corrected chi connectivity index (χ3v) is 4.73. The van der Waals surface area contributed by atoms with Crippen molar-refractivity contribution in [3.63, 3.8) is 0 Å². The number of nitrogens with one attached hydrogen (secondary N) is 1. The van der Waals surface area contributed by atoms with Gasteiger partial charge in [0.05, 0.1) is 5.69 Å². The van der Waals surface area contributed by atoms with Crippen molar-refractivity contribution in [2.75, 3.05) is 29.9 Å². The summed E-state index contributed by atoms with van der Waals surface area (Å²) in [7, 11) is 0. The minimum atomic E-state index is -0.587. The van der Waals surface area contributed by atoms with E-state index < -0.39 is 11.6 Å². The number of aromatic nitrogens is 4. The Morgan fingerprint density at radius 1 is 1.36 bits per heavy atom. The standard InChI is InChI=1S/C18H20F2N8/c19-13-3-4-14(20)15(8-13)25-18(21)23-9-12-2-1-6-27(10-12)16-17-26-24-11-28(17)7-5-22-16/h3-5,7-8,11-12H,1-2,6,9-10H2,(H3,21,23,25). The minimum absolute atomic E-state index is 0.0331. The molecule has 0 saturated carbocycles. The summed E-state index contributed by atoms with van der Waals surface area (Å²) in [5, 5.41) is 10.7. The van der Waals surface area contributed by atoms with Crippen LogP contribution in [0.25, 0.3) is 5.65 Å². The monoisotopic (exact) mass is 386 g/mol. The van der Waals surface area contributed by atoms with Crippen molar-refractivity contribution in [2.24, 2.45) is 16.6 Å². The van der Waals surface area contributed by atoms with Crippen LogP contribution in [-0.4, -0.2) is 45.2 Å². The fourth-order valence-electron chi connectivity index (χ4n) is 3.37. The summed E-state index contributed by atoms with van der Waals surface area (Å²) < 4.78 is 28.8. The molecule has 0 amide bonds. The molecular formula is C18H20F2N8. The van der Waals surface area contributed by atoms with E-state index in [1.54, 1.807) is 12.5 Å². The van der Waals surface area contributed by atoms with Crippen LogP contribution >= 0.6 is 0 Å². The molecule has 3 N–H and O–H groups in total. The lowest BCUT2D eigenvalue weighted by molar-refractivity contribution is 0.422. The van der Waals surface area contributed by atoms with Crippen LogP contribution in [-0.2, 0) is 0 Å². The Kier molecular flexibility index (Phi) is 5.00. The van der Waals surface area contributed by atoms with E-state index in [1.165, 1.54) is 0 Å². The van der Waals surface area contributed by atoms with E-state index in [4.69, 9.17) is 5.73 Å². The normalized spacial score (nSPS) is 17.9. The summed E-state index contributed by atoms with van der Waals surface area (Å²) in [5.41, 5.74) is 6.53. The van der Waals surface area contributed by atoms with Crippen molar-refractivity contribution in [1.82, 2.24) is 19.6 Å². The van der Waals surface area contributed by atoms with Crippen molar-refractivity contribution in [1.29, 1.82) is 0 Å². The molecule has 1 aromatic carbocycles. The van der Waals surface area contributed by atoms with Crippen LogP contribution < -0.4 is 16.0 Å². The number of benzene rings is 1. The van der Waals surface area contributed by atoms with E-state index in [1.807, 2.05) is 10.6 Å². The van der Waals surface area contributed by atoms with Gasteiger partial charge in [0.15, 0.2) is 11.8 Å². The first kappa shape index (κ1) is 18.1. The van der Waals surface area contributed by atoms with Crippen molar-refractivity contribution >= 4 is 23.1 Å².